The summed E-state index contributed by atoms with van der Waals surface area (Å²) in [5, 5.41) is 0. The molecule has 0 saturated carbocycles. The number of aliphatic imine (C=N–C) groups is 1. The molecule has 1 aliphatic rings. The summed E-state index contributed by atoms with van der Waals surface area (Å²) in [4.78, 5) is 6.79. The molecule has 2 aromatic rings. The van der Waals surface area contributed by atoms with E-state index >= 15 is 0 Å². The molecule has 0 spiro atoms. The fraction of sp³-hybridized carbons (Fsp3) is 0.211. The number of hydrogen-bond donors (Lipinski definition) is 1. The van der Waals surface area contributed by atoms with Crippen molar-refractivity contribution in [3.63, 3.8) is 0 Å². The maximum absolute atomic E-state index is 14.7. The Bertz CT molecular complexity index is 856. The summed E-state index contributed by atoms with van der Waals surface area (Å²) < 4.78 is 63.2. The molecule has 0 aliphatic carbocycles. The first-order valence-electron chi connectivity index (χ1n) is 8.14. The Kier molecular flexibility index (Phi) is 5.25. The van der Waals surface area contributed by atoms with E-state index in [9.17, 15) is 17.6 Å². The predicted octanol–water partition coefficient (Wildman–Crippen LogP) is 5.15. The summed E-state index contributed by atoms with van der Waals surface area (Å²) in [6, 6.07) is 3.13. The minimum atomic E-state index is -1.56. The molecule has 136 valence electrons. The standard InChI is InChI=1S/C19H16F4N2O/c1-2-3-10-26-19-17(22)15(20)14(16(21)18(19)23)13(11-6-4-8-24-11)12-7-5-9-25-12/h4-9,24H,2-3,10H2,1H3/b13-12+. The summed E-state index contributed by atoms with van der Waals surface area (Å²) in [5.41, 5.74) is -0.444. The lowest BCUT2D eigenvalue weighted by atomic mass is 9.98. The highest BCUT2D eigenvalue weighted by Crippen LogP contribution is 2.38. The first-order valence-corrected chi connectivity index (χ1v) is 8.14. The molecule has 26 heavy (non-hydrogen) atoms. The molecule has 1 N–H and O–H groups in total. The molecule has 0 bridgehead atoms. The molecule has 7 heteroatoms. The van der Waals surface area contributed by atoms with E-state index in [0.717, 1.165) is 0 Å². The third-order valence-corrected chi connectivity index (χ3v) is 3.89. The monoisotopic (exact) mass is 364 g/mol. The Morgan fingerprint density at radius 3 is 2.38 bits per heavy atom. The minimum absolute atomic E-state index is 0.0415. The van der Waals surface area contributed by atoms with Gasteiger partial charge in [0.15, 0.2) is 17.4 Å². The Balaban J connectivity index is 2.20. The van der Waals surface area contributed by atoms with E-state index in [4.69, 9.17) is 4.74 Å². The van der Waals surface area contributed by atoms with Gasteiger partial charge in [-0.25, -0.2) is 8.78 Å². The number of unbranched alkanes of at least 4 members (excludes halogenated alkanes) is 1. The molecule has 2 heterocycles. The summed E-state index contributed by atoms with van der Waals surface area (Å²) in [6.45, 7) is 1.81. The third-order valence-electron chi connectivity index (χ3n) is 3.89. The fourth-order valence-corrected chi connectivity index (χ4v) is 2.61. The summed E-state index contributed by atoms with van der Waals surface area (Å²) >= 11 is 0. The van der Waals surface area contributed by atoms with Crippen LogP contribution >= 0.6 is 0 Å². The molecule has 3 rings (SSSR count). The highest BCUT2D eigenvalue weighted by atomic mass is 19.2. The number of hydrogen-bond acceptors (Lipinski definition) is 2. The van der Waals surface area contributed by atoms with E-state index in [1.54, 1.807) is 12.1 Å². The second kappa shape index (κ2) is 7.59. The lowest BCUT2D eigenvalue weighted by molar-refractivity contribution is 0.266. The number of aromatic nitrogens is 1. The first-order chi connectivity index (χ1) is 12.6. The van der Waals surface area contributed by atoms with Crippen LogP contribution in [0.1, 0.15) is 31.0 Å². The number of allylic oxidation sites excluding steroid dienone is 2. The van der Waals surface area contributed by atoms with Crippen LogP contribution in [0.5, 0.6) is 5.75 Å². The smallest absolute Gasteiger partial charge is 0.204 e. The molecule has 1 aliphatic heterocycles. The van der Waals surface area contributed by atoms with E-state index < -0.39 is 34.6 Å². The van der Waals surface area contributed by atoms with Crippen molar-refractivity contribution in [3.05, 3.63) is 70.7 Å². The van der Waals surface area contributed by atoms with Gasteiger partial charge in [0.05, 0.1) is 17.9 Å². The van der Waals surface area contributed by atoms with Crippen LogP contribution in [0.3, 0.4) is 0 Å². The fourth-order valence-electron chi connectivity index (χ4n) is 2.61. The molecule has 1 aromatic heterocycles. The van der Waals surface area contributed by atoms with Crippen molar-refractivity contribution in [1.29, 1.82) is 0 Å². The van der Waals surface area contributed by atoms with Crippen molar-refractivity contribution in [1.82, 2.24) is 4.98 Å². The number of benzene rings is 1. The number of nitrogens with zero attached hydrogens (tertiary/aromatic N) is 1. The first kappa shape index (κ1) is 18.0. The molecular formula is C19H16F4N2O. The largest absolute Gasteiger partial charge is 0.487 e. The Labute approximate surface area is 147 Å². The van der Waals surface area contributed by atoms with Crippen molar-refractivity contribution in [2.24, 2.45) is 4.99 Å². The van der Waals surface area contributed by atoms with Crippen LogP contribution in [0.15, 0.2) is 41.2 Å². The maximum Gasteiger partial charge on any atom is 0.204 e. The van der Waals surface area contributed by atoms with E-state index in [1.807, 2.05) is 6.92 Å². The SMILES string of the molecule is CCCCOc1c(F)c(F)c(/C(=C2\C=CC=N2)c2ccc[nH]2)c(F)c1F. The van der Waals surface area contributed by atoms with Gasteiger partial charge in [0, 0.05) is 23.7 Å². The average molecular weight is 364 g/mol. The third kappa shape index (κ3) is 3.16. The van der Waals surface area contributed by atoms with Gasteiger partial charge in [-0.2, -0.15) is 8.78 Å². The van der Waals surface area contributed by atoms with Crippen molar-refractivity contribution < 1.29 is 22.3 Å². The number of rotatable bonds is 6. The lowest BCUT2D eigenvalue weighted by Gasteiger charge is -2.15. The Hall–Kier alpha value is -2.83. The number of aromatic amines is 1. The molecular weight excluding hydrogens is 348 g/mol. The molecule has 0 atom stereocenters. The van der Waals surface area contributed by atoms with E-state index in [0.29, 0.717) is 12.8 Å². The zero-order valence-electron chi connectivity index (χ0n) is 14.0. The van der Waals surface area contributed by atoms with Crippen molar-refractivity contribution in [2.75, 3.05) is 6.61 Å². The zero-order chi connectivity index (χ0) is 18.7. The minimum Gasteiger partial charge on any atom is -0.487 e. The molecule has 0 amide bonds. The second-order valence-corrected chi connectivity index (χ2v) is 5.64. The Morgan fingerprint density at radius 2 is 1.85 bits per heavy atom. The van der Waals surface area contributed by atoms with Crippen molar-refractivity contribution >= 4 is 11.8 Å². The summed E-state index contributed by atoms with van der Waals surface area (Å²) in [7, 11) is 0. The van der Waals surface area contributed by atoms with Gasteiger partial charge >= 0.3 is 0 Å². The van der Waals surface area contributed by atoms with Gasteiger partial charge in [0.25, 0.3) is 0 Å². The van der Waals surface area contributed by atoms with E-state index in [1.165, 1.54) is 24.6 Å². The highest BCUT2D eigenvalue weighted by Gasteiger charge is 2.30. The molecule has 0 radical (unpaired) electrons. The van der Waals surface area contributed by atoms with Gasteiger partial charge in [-0.05, 0) is 30.7 Å². The van der Waals surface area contributed by atoms with Crippen molar-refractivity contribution in [2.45, 2.75) is 19.8 Å². The van der Waals surface area contributed by atoms with Crippen LogP contribution in [0.25, 0.3) is 5.57 Å². The molecule has 0 fully saturated rings. The van der Waals surface area contributed by atoms with Crippen LogP contribution in [0, 0.1) is 23.3 Å². The average Bonchev–Trinajstić information content (AvgIpc) is 3.34. The summed E-state index contributed by atoms with van der Waals surface area (Å²) in [5.74, 6) is -7.22. The number of H-pyrrole nitrogens is 1. The van der Waals surface area contributed by atoms with Gasteiger partial charge in [0.1, 0.15) is 0 Å². The Morgan fingerprint density at radius 1 is 1.12 bits per heavy atom. The lowest BCUT2D eigenvalue weighted by Crippen LogP contribution is -2.10. The van der Waals surface area contributed by atoms with E-state index in [-0.39, 0.29) is 23.6 Å². The summed E-state index contributed by atoms with van der Waals surface area (Å²) in [6.07, 6.45) is 7.21. The van der Waals surface area contributed by atoms with Gasteiger partial charge in [0.2, 0.25) is 11.6 Å². The van der Waals surface area contributed by atoms with E-state index in [2.05, 4.69) is 9.98 Å². The zero-order valence-corrected chi connectivity index (χ0v) is 14.0. The second-order valence-electron chi connectivity index (χ2n) is 5.64. The number of nitrogens with one attached hydrogen (secondary N) is 1. The van der Waals surface area contributed by atoms with Gasteiger partial charge < -0.3 is 9.72 Å². The van der Waals surface area contributed by atoms with Crippen LogP contribution in [0.4, 0.5) is 17.6 Å². The van der Waals surface area contributed by atoms with Crippen molar-refractivity contribution in [3.8, 4) is 5.75 Å². The number of halogens is 4. The van der Waals surface area contributed by atoms with Gasteiger partial charge in [-0.3, -0.25) is 4.99 Å². The van der Waals surface area contributed by atoms with Crippen LogP contribution in [-0.2, 0) is 0 Å². The van der Waals surface area contributed by atoms with Gasteiger partial charge in [-0.15, -0.1) is 0 Å². The quantitative estimate of drug-likeness (QED) is 0.430. The molecule has 0 saturated heterocycles. The normalized spacial score (nSPS) is 15.0. The highest BCUT2D eigenvalue weighted by molar-refractivity contribution is 5.88. The topological polar surface area (TPSA) is 37.4 Å². The molecule has 1 aromatic carbocycles. The number of ether oxygens (including phenoxy) is 1. The van der Waals surface area contributed by atoms with Gasteiger partial charge in [-0.1, -0.05) is 13.3 Å². The van der Waals surface area contributed by atoms with Crippen LogP contribution in [0.2, 0.25) is 0 Å². The predicted molar refractivity (Wildman–Crippen MR) is 91.1 cm³/mol. The molecule has 0 unspecified atom stereocenters. The van der Waals surface area contributed by atoms with Crippen LogP contribution < -0.4 is 4.74 Å². The maximum atomic E-state index is 14.7. The molecule has 3 nitrogen and oxygen atoms in total. The van der Waals surface area contributed by atoms with Crippen LogP contribution in [-0.4, -0.2) is 17.8 Å².